The van der Waals surface area contributed by atoms with Crippen molar-refractivity contribution < 1.29 is 4.79 Å². The summed E-state index contributed by atoms with van der Waals surface area (Å²) >= 11 is 1.58. The number of amides is 1. The number of carbonyl (C=O) groups is 1. The van der Waals surface area contributed by atoms with Gasteiger partial charge in [-0.15, -0.1) is 0 Å². The highest BCUT2D eigenvalue weighted by atomic mass is 32.2. The number of fused-ring (bicyclic) bond motifs is 1. The quantitative estimate of drug-likeness (QED) is 0.708. The van der Waals surface area contributed by atoms with Crippen molar-refractivity contribution in [2.45, 2.75) is 39.3 Å². The third kappa shape index (κ3) is 4.00. The van der Waals surface area contributed by atoms with Crippen molar-refractivity contribution in [1.29, 1.82) is 0 Å². The molecule has 7 heteroatoms. The maximum absolute atomic E-state index is 12.7. The molecule has 4 N–H and O–H groups in total. The lowest BCUT2D eigenvalue weighted by atomic mass is 9.89. The molecule has 0 spiro atoms. The Bertz CT molecular complexity index is 1030. The lowest BCUT2D eigenvalue weighted by Crippen LogP contribution is -2.37. The molecule has 1 amide bonds. The molecule has 29 heavy (non-hydrogen) atoms. The Balaban J connectivity index is 1.46. The molecule has 0 saturated heterocycles. The van der Waals surface area contributed by atoms with Crippen LogP contribution >= 0.6 is 11.8 Å². The molecule has 0 fully saturated rings. The van der Waals surface area contributed by atoms with Crippen LogP contribution in [-0.2, 0) is 12.1 Å². The van der Waals surface area contributed by atoms with E-state index < -0.39 is 0 Å². The Hall–Kier alpha value is -2.80. The largest absolute Gasteiger partial charge is 0.379 e. The minimum Gasteiger partial charge on any atom is -0.379 e. The third-order valence-electron chi connectivity index (χ3n) is 5.58. The SMILES string of the molecule is Cc1cc2c(cc1C)NC(NC(=O)c1ccc(C3(C)CCSC(N)=N3)cc1)=NC2. The molecule has 4 rings (SSSR count). The van der Waals surface area contributed by atoms with Crippen LogP contribution in [0, 0.1) is 13.8 Å². The molecule has 0 radical (unpaired) electrons. The molecule has 1 unspecified atom stereocenters. The molecule has 2 aliphatic heterocycles. The lowest BCUT2D eigenvalue weighted by molar-refractivity contribution is 0.0976. The summed E-state index contributed by atoms with van der Waals surface area (Å²) < 4.78 is 0. The van der Waals surface area contributed by atoms with Crippen molar-refractivity contribution >= 4 is 34.5 Å². The summed E-state index contributed by atoms with van der Waals surface area (Å²) in [6, 6.07) is 11.8. The Morgan fingerprint density at radius 2 is 1.93 bits per heavy atom. The van der Waals surface area contributed by atoms with Crippen LogP contribution in [0.5, 0.6) is 0 Å². The van der Waals surface area contributed by atoms with E-state index in [0.29, 0.717) is 23.2 Å². The van der Waals surface area contributed by atoms with E-state index in [2.05, 4.69) is 53.5 Å². The minimum atomic E-state index is -0.334. The second kappa shape index (κ2) is 7.55. The van der Waals surface area contributed by atoms with E-state index in [1.807, 2.05) is 24.3 Å². The number of guanidine groups is 1. The van der Waals surface area contributed by atoms with Crippen LogP contribution in [0.2, 0.25) is 0 Å². The van der Waals surface area contributed by atoms with Crippen LogP contribution in [0.15, 0.2) is 46.4 Å². The van der Waals surface area contributed by atoms with Crippen LogP contribution in [-0.4, -0.2) is 22.8 Å². The van der Waals surface area contributed by atoms with Gasteiger partial charge in [0.05, 0.1) is 12.1 Å². The number of anilines is 1. The maximum Gasteiger partial charge on any atom is 0.257 e. The smallest absolute Gasteiger partial charge is 0.257 e. The number of hydrogen-bond acceptors (Lipinski definition) is 6. The minimum absolute atomic E-state index is 0.192. The molecule has 6 nitrogen and oxygen atoms in total. The van der Waals surface area contributed by atoms with E-state index in [0.717, 1.165) is 29.0 Å². The van der Waals surface area contributed by atoms with Gasteiger partial charge in [0.15, 0.2) is 5.17 Å². The molecule has 2 aliphatic rings. The fourth-order valence-corrected chi connectivity index (χ4v) is 4.55. The number of aliphatic imine (C=N–C) groups is 2. The fraction of sp³-hybridized carbons (Fsp3) is 0.318. The molecule has 0 bridgehead atoms. The van der Waals surface area contributed by atoms with Crippen molar-refractivity contribution in [1.82, 2.24) is 5.32 Å². The van der Waals surface area contributed by atoms with Crippen molar-refractivity contribution in [3.63, 3.8) is 0 Å². The zero-order valence-electron chi connectivity index (χ0n) is 16.9. The molecule has 0 aliphatic carbocycles. The number of carbonyl (C=O) groups excluding carboxylic acids is 1. The van der Waals surface area contributed by atoms with Gasteiger partial charge in [-0.1, -0.05) is 30.0 Å². The van der Waals surface area contributed by atoms with Gasteiger partial charge in [-0.2, -0.15) is 0 Å². The summed E-state index contributed by atoms with van der Waals surface area (Å²) in [5.74, 6) is 1.23. The predicted octanol–water partition coefficient (Wildman–Crippen LogP) is 3.68. The van der Waals surface area contributed by atoms with Crippen molar-refractivity contribution in [2.75, 3.05) is 11.1 Å². The topological polar surface area (TPSA) is 91.9 Å². The van der Waals surface area contributed by atoms with Gasteiger partial charge in [0.2, 0.25) is 5.96 Å². The first kappa shape index (κ1) is 19.5. The summed E-state index contributed by atoms with van der Waals surface area (Å²) in [6.45, 7) is 6.79. The Morgan fingerprint density at radius 3 is 2.66 bits per heavy atom. The Kier molecular flexibility index (Phi) is 5.08. The Labute approximate surface area is 175 Å². The summed E-state index contributed by atoms with van der Waals surface area (Å²) in [5, 5.41) is 6.72. The molecule has 2 aromatic carbocycles. The number of nitrogens with two attached hydrogens (primary N) is 1. The number of amidine groups is 1. The molecule has 0 aromatic heterocycles. The van der Waals surface area contributed by atoms with E-state index in [4.69, 9.17) is 5.73 Å². The lowest BCUT2D eigenvalue weighted by Gasteiger charge is -2.29. The highest BCUT2D eigenvalue weighted by Gasteiger charge is 2.29. The molecular formula is C22H25N5OS. The average molecular weight is 408 g/mol. The van der Waals surface area contributed by atoms with Gasteiger partial charge in [0.25, 0.3) is 5.91 Å². The highest BCUT2D eigenvalue weighted by molar-refractivity contribution is 8.13. The zero-order chi connectivity index (χ0) is 20.6. The average Bonchev–Trinajstić information content (AvgIpc) is 2.69. The number of benzene rings is 2. The molecule has 2 aromatic rings. The third-order valence-corrected chi connectivity index (χ3v) is 6.37. The summed E-state index contributed by atoms with van der Waals surface area (Å²) in [6.07, 6.45) is 0.920. The fourth-order valence-electron chi connectivity index (χ4n) is 3.58. The number of rotatable bonds is 2. The summed E-state index contributed by atoms with van der Waals surface area (Å²) in [4.78, 5) is 21.8. The monoisotopic (exact) mass is 407 g/mol. The van der Waals surface area contributed by atoms with E-state index in [-0.39, 0.29) is 11.4 Å². The van der Waals surface area contributed by atoms with Crippen molar-refractivity contribution in [3.8, 4) is 0 Å². The van der Waals surface area contributed by atoms with Gasteiger partial charge in [-0.3, -0.25) is 15.1 Å². The molecule has 150 valence electrons. The van der Waals surface area contributed by atoms with E-state index >= 15 is 0 Å². The second-order valence-electron chi connectivity index (χ2n) is 7.74. The van der Waals surface area contributed by atoms with Gasteiger partial charge in [-0.05, 0) is 67.6 Å². The zero-order valence-corrected chi connectivity index (χ0v) is 17.7. The number of aryl methyl sites for hydroxylation is 2. The number of thioether (sulfide) groups is 1. The first-order valence-corrected chi connectivity index (χ1v) is 10.6. The van der Waals surface area contributed by atoms with E-state index in [1.54, 1.807) is 11.8 Å². The normalized spacial score (nSPS) is 20.8. The van der Waals surface area contributed by atoms with Crippen LogP contribution < -0.4 is 16.4 Å². The van der Waals surface area contributed by atoms with Crippen molar-refractivity contribution in [2.24, 2.45) is 15.7 Å². The van der Waals surface area contributed by atoms with Gasteiger partial charge >= 0.3 is 0 Å². The predicted molar refractivity (Wildman–Crippen MR) is 121 cm³/mol. The van der Waals surface area contributed by atoms with Crippen LogP contribution in [0.1, 0.15) is 46.0 Å². The van der Waals surface area contributed by atoms with Gasteiger partial charge < -0.3 is 11.1 Å². The number of nitrogens with zero attached hydrogens (tertiary/aromatic N) is 2. The van der Waals surface area contributed by atoms with Crippen molar-refractivity contribution in [3.05, 3.63) is 64.2 Å². The first-order valence-electron chi connectivity index (χ1n) is 9.66. The molecular weight excluding hydrogens is 382 g/mol. The van der Waals surface area contributed by atoms with Gasteiger partial charge in [-0.25, -0.2) is 4.99 Å². The van der Waals surface area contributed by atoms with Crippen LogP contribution in [0.4, 0.5) is 5.69 Å². The first-order chi connectivity index (χ1) is 13.8. The molecule has 1 atom stereocenters. The second-order valence-corrected chi connectivity index (χ2v) is 8.85. The van der Waals surface area contributed by atoms with E-state index in [1.165, 1.54) is 11.1 Å². The van der Waals surface area contributed by atoms with Gasteiger partial charge in [0.1, 0.15) is 0 Å². The summed E-state index contributed by atoms with van der Waals surface area (Å²) in [7, 11) is 0. The Morgan fingerprint density at radius 1 is 1.21 bits per heavy atom. The van der Waals surface area contributed by atoms with Crippen LogP contribution in [0.3, 0.4) is 0 Å². The molecule has 2 heterocycles. The standard InChI is InChI=1S/C22H25N5OS/c1-13-10-16-12-24-21(25-18(16)11-14(13)2)26-19(28)15-4-6-17(7-5-15)22(3)8-9-29-20(23)27-22/h4-7,10-11H,8-9,12H2,1-3H3,(H2,23,27)(H2,24,25,26,28). The number of hydrogen-bond donors (Lipinski definition) is 3. The molecule has 0 saturated carbocycles. The highest BCUT2D eigenvalue weighted by Crippen LogP contribution is 2.35. The number of nitrogens with one attached hydrogen (secondary N) is 2. The van der Waals surface area contributed by atoms with E-state index in [9.17, 15) is 4.79 Å². The maximum atomic E-state index is 12.7. The van der Waals surface area contributed by atoms with Gasteiger partial charge in [0, 0.05) is 17.0 Å². The van der Waals surface area contributed by atoms with Crippen LogP contribution in [0.25, 0.3) is 0 Å². The summed E-state index contributed by atoms with van der Waals surface area (Å²) in [5.41, 5.74) is 11.8.